The van der Waals surface area contributed by atoms with Crippen LogP contribution in [0.5, 0.6) is 0 Å². The Kier molecular flexibility index (Phi) is 5.41. The molecule has 0 bridgehead atoms. The predicted octanol–water partition coefficient (Wildman–Crippen LogP) is 1.72. The summed E-state index contributed by atoms with van der Waals surface area (Å²) in [5.74, 6) is -0.510. The van der Waals surface area contributed by atoms with Crippen molar-refractivity contribution in [3.63, 3.8) is 0 Å². The van der Waals surface area contributed by atoms with Gasteiger partial charge in [0.15, 0.2) is 0 Å². The standard InChI is InChI=1S/C17H15ClN6O4S/c1-9-3-4-12-15(14(9)18)29(27,28)24(17(26)23-12)8-13(25)22-10(2)16-20-6-11(5-19)7-21-16/h3-4,6-7,10H,8H2,1-2H3,(H,22,25)(H,23,26)/t10-/m1/s1. The summed E-state index contributed by atoms with van der Waals surface area (Å²) in [5.41, 5.74) is 0.830. The molecule has 12 heteroatoms. The Morgan fingerprint density at radius 2 is 2.03 bits per heavy atom. The van der Waals surface area contributed by atoms with Gasteiger partial charge in [-0.2, -0.15) is 5.26 Å². The van der Waals surface area contributed by atoms with Crippen molar-refractivity contribution in [3.8, 4) is 6.07 Å². The van der Waals surface area contributed by atoms with Gasteiger partial charge in [-0.25, -0.2) is 27.5 Å². The van der Waals surface area contributed by atoms with Gasteiger partial charge in [0.1, 0.15) is 23.3 Å². The maximum absolute atomic E-state index is 12.9. The molecule has 0 fully saturated rings. The molecule has 0 spiro atoms. The second kappa shape index (κ2) is 7.65. The quantitative estimate of drug-likeness (QED) is 0.744. The molecule has 2 aromatic rings. The molecular weight excluding hydrogens is 420 g/mol. The molecule has 150 valence electrons. The van der Waals surface area contributed by atoms with E-state index in [0.717, 1.165) is 0 Å². The fourth-order valence-corrected chi connectivity index (χ4v) is 4.67. The molecule has 29 heavy (non-hydrogen) atoms. The van der Waals surface area contributed by atoms with E-state index in [2.05, 4.69) is 20.6 Å². The number of nitriles is 1. The number of nitrogens with zero attached hydrogens (tertiary/aromatic N) is 4. The number of nitrogens with one attached hydrogen (secondary N) is 2. The molecule has 3 amide bonds. The van der Waals surface area contributed by atoms with Gasteiger partial charge in [-0.15, -0.1) is 0 Å². The van der Waals surface area contributed by atoms with E-state index in [1.165, 1.54) is 18.5 Å². The lowest BCUT2D eigenvalue weighted by molar-refractivity contribution is -0.121. The number of carbonyl (C=O) groups is 2. The highest BCUT2D eigenvalue weighted by Gasteiger charge is 2.40. The number of hydrogen-bond acceptors (Lipinski definition) is 7. The third-order valence-electron chi connectivity index (χ3n) is 4.16. The van der Waals surface area contributed by atoms with Gasteiger partial charge < -0.3 is 10.6 Å². The molecule has 0 radical (unpaired) electrons. The first-order chi connectivity index (χ1) is 13.6. The van der Waals surface area contributed by atoms with Gasteiger partial charge in [0.05, 0.1) is 22.3 Å². The molecule has 3 rings (SSSR count). The van der Waals surface area contributed by atoms with Crippen molar-refractivity contribution in [2.24, 2.45) is 0 Å². The zero-order valence-corrected chi connectivity index (χ0v) is 16.9. The SMILES string of the molecule is Cc1ccc2c(c1Cl)S(=O)(=O)N(CC(=O)N[C@H](C)c1ncc(C#N)cn1)C(=O)N2. The Labute approximate surface area is 171 Å². The Bertz CT molecular complexity index is 1140. The summed E-state index contributed by atoms with van der Waals surface area (Å²) in [6.07, 6.45) is 2.60. The number of rotatable bonds is 4. The molecule has 1 aliphatic rings. The summed E-state index contributed by atoms with van der Waals surface area (Å²) in [4.78, 5) is 32.3. The molecule has 0 unspecified atom stereocenters. The van der Waals surface area contributed by atoms with Crippen LogP contribution in [0.4, 0.5) is 10.5 Å². The summed E-state index contributed by atoms with van der Waals surface area (Å²) < 4.78 is 26.2. The smallest absolute Gasteiger partial charge is 0.336 e. The summed E-state index contributed by atoms with van der Waals surface area (Å²) in [5, 5.41) is 13.7. The first kappa shape index (κ1) is 20.5. The number of sulfonamides is 1. The first-order valence-corrected chi connectivity index (χ1v) is 10.1. The monoisotopic (exact) mass is 434 g/mol. The highest BCUT2D eigenvalue weighted by atomic mass is 35.5. The number of benzene rings is 1. The normalized spacial score (nSPS) is 15.7. The predicted molar refractivity (Wildman–Crippen MR) is 102 cm³/mol. The number of urea groups is 1. The molecule has 10 nitrogen and oxygen atoms in total. The molecule has 0 saturated carbocycles. The molecule has 1 aliphatic heterocycles. The minimum Gasteiger partial charge on any atom is -0.345 e. The van der Waals surface area contributed by atoms with E-state index in [1.807, 2.05) is 6.07 Å². The second-order valence-corrected chi connectivity index (χ2v) is 8.42. The van der Waals surface area contributed by atoms with Crippen molar-refractivity contribution in [2.45, 2.75) is 24.8 Å². The van der Waals surface area contributed by atoms with Crippen molar-refractivity contribution >= 4 is 39.2 Å². The van der Waals surface area contributed by atoms with Gasteiger partial charge in [0, 0.05) is 12.4 Å². The van der Waals surface area contributed by atoms with Crippen LogP contribution in [-0.4, -0.2) is 41.2 Å². The van der Waals surface area contributed by atoms with E-state index in [0.29, 0.717) is 9.87 Å². The van der Waals surface area contributed by atoms with Gasteiger partial charge in [-0.05, 0) is 25.5 Å². The number of aryl methyl sites for hydroxylation is 1. The van der Waals surface area contributed by atoms with E-state index in [4.69, 9.17) is 16.9 Å². The Morgan fingerprint density at radius 1 is 1.38 bits per heavy atom. The number of amides is 3. The molecular formula is C17H15ClN6O4S. The average Bonchev–Trinajstić information content (AvgIpc) is 2.67. The van der Waals surface area contributed by atoms with E-state index in [9.17, 15) is 18.0 Å². The van der Waals surface area contributed by atoms with Crippen LogP contribution in [0, 0.1) is 18.3 Å². The summed E-state index contributed by atoms with van der Waals surface area (Å²) in [6.45, 7) is 2.46. The minimum absolute atomic E-state index is 0.0211. The zero-order chi connectivity index (χ0) is 21.3. The highest BCUT2D eigenvalue weighted by molar-refractivity contribution is 7.90. The number of hydrogen-bond donors (Lipinski definition) is 2. The third kappa shape index (κ3) is 3.85. The second-order valence-electron chi connectivity index (χ2n) is 6.25. The number of anilines is 1. The van der Waals surface area contributed by atoms with Crippen LogP contribution < -0.4 is 10.6 Å². The fourth-order valence-electron chi connectivity index (χ4n) is 2.66. The van der Waals surface area contributed by atoms with Crippen LogP contribution in [0.25, 0.3) is 0 Å². The number of aromatic nitrogens is 2. The zero-order valence-electron chi connectivity index (χ0n) is 15.3. The van der Waals surface area contributed by atoms with Gasteiger partial charge in [-0.1, -0.05) is 17.7 Å². The molecule has 0 saturated heterocycles. The van der Waals surface area contributed by atoms with Gasteiger partial charge >= 0.3 is 6.03 Å². The molecule has 0 aliphatic carbocycles. The van der Waals surface area contributed by atoms with Crippen molar-refractivity contribution < 1.29 is 18.0 Å². The van der Waals surface area contributed by atoms with Crippen LogP contribution in [0.1, 0.15) is 29.9 Å². The maximum Gasteiger partial charge on any atom is 0.336 e. The average molecular weight is 435 g/mol. The number of fused-ring (bicyclic) bond motifs is 1. The van der Waals surface area contributed by atoms with Gasteiger partial charge in [-0.3, -0.25) is 4.79 Å². The van der Waals surface area contributed by atoms with Crippen LogP contribution in [0.15, 0.2) is 29.4 Å². The minimum atomic E-state index is -4.33. The van der Waals surface area contributed by atoms with E-state index in [-0.39, 0.29) is 27.0 Å². The highest BCUT2D eigenvalue weighted by Crippen LogP contribution is 2.37. The lowest BCUT2D eigenvalue weighted by Gasteiger charge is -2.29. The molecule has 1 aromatic carbocycles. The molecule has 2 N–H and O–H groups in total. The van der Waals surface area contributed by atoms with E-state index < -0.39 is 34.5 Å². The summed E-state index contributed by atoms with van der Waals surface area (Å²) in [6, 6.07) is 3.26. The van der Waals surface area contributed by atoms with Crippen molar-refractivity contribution in [1.82, 2.24) is 19.6 Å². The molecule has 1 atom stereocenters. The van der Waals surface area contributed by atoms with Crippen LogP contribution >= 0.6 is 11.6 Å². The van der Waals surface area contributed by atoms with Crippen molar-refractivity contribution in [2.75, 3.05) is 11.9 Å². The van der Waals surface area contributed by atoms with Crippen LogP contribution in [-0.2, 0) is 14.8 Å². The Morgan fingerprint density at radius 3 is 2.66 bits per heavy atom. The lowest BCUT2D eigenvalue weighted by atomic mass is 10.2. The van der Waals surface area contributed by atoms with Crippen LogP contribution in [0.3, 0.4) is 0 Å². The van der Waals surface area contributed by atoms with E-state index >= 15 is 0 Å². The van der Waals surface area contributed by atoms with Gasteiger partial charge in [0.2, 0.25) is 5.91 Å². The topological polar surface area (TPSA) is 145 Å². The van der Waals surface area contributed by atoms with E-state index in [1.54, 1.807) is 19.9 Å². The van der Waals surface area contributed by atoms with Crippen LogP contribution in [0.2, 0.25) is 5.02 Å². The molecule has 2 heterocycles. The first-order valence-electron chi connectivity index (χ1n) is 8.29. The number of carbonyl (C=O) groups excluding carboxylic acids is 2. The van der Waals surface area contributed by atoms with Crippen molar-refractivity contribution in [1.29, 1.82) is 5.26 Å². The lowest BCUT2D eigenvalue weighted by Crippen LogP contribution is -2.49. The Hall–Kier alpha value is -3.23. The molecule has 1 aromatic heterocycles. The maximum atomic E-state index is 12.9. The van der Waals surface area contributed by atoms with Crippen molar-refractivity contribution in [3.05, 3.63) is 46.5 Å². The number of halogens is 1. The summed E-state index contributed by atoms with van der Waals surface area (Å²) in [7, 11) is -4.33. The summed E-state index contributed by atoms with van der Waals surface area (Å²) >= 11 is 6.14. The fraction of sp³-hybridized carbons (Fsp3) is 0.235. The van der Waals surface area contributed by atoms with Gasteiger partial charge in [0.25, 0.3) is 10.0 Å². The third-order valence-corrected chi connectivity index (χ3v) is 6.57. The largest absolute Gasteiger partial charge is 0.345 e. The Balaban J connectivity index is 1.80.